The second-order valence-electron chi connectivity index (χ2n) is 4.74. The monoisotopic (exact) mass is 246 g/mol. The van der Waals surface area contributed by atoms with Crippen LogP contribution in [0.2, 0.25) is 0 Å². The summed E-state index contributed by atoms with van der Waals surface area (Å²) in [6.07, 6.45) is 0.427. The first-order chi connectivity index (χ1) is 8.58. The maximum absolute atomic E-state index is 11.7. The number of hydrogen-bond donors (Lipinski definition) is 0. The van der Waals surface area contributed by atoms with Gasteiger partial charge in [0.15, 0.2) is 0 Å². The molecule has 0 aliphatic carbocycles. The Bertz CT molecular complexity index is 471. The van der Waals surface area contributed by atoms with Crippen LogP contribution in [-0.4, -0.2) is 43.3 Å². The molecule has 18 heavy (non-hydrogen) atoms. The van der Waals surface area contributed by atoms with Crippen LogP contribution in [0.25, 0.3) is 0 Å². The maximum Gasteiger partial charge on any atom is 0.241 e. The molecule has 0 saturated carbocycles. The Labute approximate surface area is 107 Å². The summed E-state index contributed by atoms with van der Waals surface area (Å²) >= 11 is 0. The van der Waals surface area contributed by atoms with E-state index in [1.165, 1.54) is 0 Å². The van der Waals surface area contributed by atoms with Crippen molar-refractivity contribution in [2.24, 2.45) is 0 Å². The first kappa shape index (κ1) is 12.6. The molecule has 4 nitrogen and oxygen atoms in total. The molecule has 1 saturated heterocycles. The first-order valence-corrected chi connectivity index (χ1v) is 6.14. The van der Waals surface area contributed by atoms with Crippen molar-refractivity contribution in [3.05, 3.63) is 29.8 Å². The smallest absolute Gasteiger partial charge is 0.241 e. The van der Waals surface area contributed by atoms with Gasteiger partial charge >= 0.3 is 0 Å². The van der Waals surface area contributed by atoms with Crippen LogP contribution in [-0.2, 0) is 16.0 Å². The molecule has 1 aliphatic heterocycles. The summed E-state index contributed by atoms with van der Waals surface area (Å²) in [6.45, 7) is 3.53. The van der Waals surface area contributed by atoms with Gasteiger partial charge in [-0.15, -0.1) is 0 Å². The van der Waals surface area contributed by atoms with E-state index < -0.39 is 0 Å². The molecule has 4 heteroatoms. The number of ketones is 1. The fourth-order valence-electron chi connectivity index (χ4n) is 2.20. The number of amides is 1. The summed E-state index contributed by atoms with van der Waals surface area (Å²) in [6, 6.07) is 7.82. The van der Waals surface area contributed by atoms with Gasteiger partial charge in [-0.1, -0.05) is 18.2 Å². The number of hydrogen-bond acceptors (Lipinski definition) is 3. The van der Waals surface area contributed by atoms with Gasteiger partial charge in [-0.25, -0.2) is 0 Å². The highest BCUT2D eigenvalue weighted by atomic mass is 16.2. The first-order valence-electron chi connectivity index (χ1n) is 6.14. The van der Waals surface area contributed by atoms with E-state index in [1.54, 1.807) is 11.8 Å². The molecule has 0 atom stereocenters. The van der Waals surface area contributed by atoms with Crippen LogP contribution in [0.3, 0.4) is 0 Å². The van der Waals surface area contributed by atoms with Crippen molar-refractivity contribution in [3.63, 3.8) is 0 Å². The average Bonchev–Trinajstić information content (AvgIpc) is 2.33. The second kappa shape index (κ2) is 5.21. The Kier molecular flexibility index (Phi) is 3.65. The zero-order valence-electron chi connectivity index (χ0n) is 10.8. The van der Waals surface area contributed by atoms with E-state index in [-0.39, 0.29) is 11.7 Å². The Morgan fingerprint density at radius 1 is 1.28 bits per heavy atom. The predicted molar refractivity (Wildman–Crippen MR) is 70.7 cm³/mol. The minimum atomic E-state index is 0.124. The highest BCUT2D eigenvalue weighted by Gasteiger charge is 2.22. The third-order valence-corrected chi connectivity index (χ3v) is 3.23. The van der Waals surface area contributed by atoms with Crippen molar-refractivity contribution >= 4 is 17.4 Å². The molecule has 96 valence electrons. The Morgan fingerprint density at radius 2 is 2.00 bits per heavy atom. The topological polar surface area (TPSA) is 40.6 Å². The van der Waals surface area contributed by atoms with E-state index in [4.69, 9.17) is 0 Å². The summed E-state index contributed by atoms with van der Waals surface area (Å²) < 4.78 is 0. The number of Topliss-reactive ketones (excluding diaryl/α,β-unsaturated/α-hetero) is 1. The molecule has 1 fully saturated rings. The molecule has 0 bridgehead atoms. The number of likely N-dealkylation sites (N-methyl/N-ethyl adjacent to an activating group) is 1. The van der Waals surface area contributed by atoms with Crippen LogP contribution in [0.15, 0.2) is 24.3 Å². The van der Waals surface area contributed by atoms with Crippen LogP contribution in [0.4, 0.5) is 5.69 Å². The molecular formula is C14H18N2O2. The molecular weight excluding hydrogens is 228 g/mol. The van der Waals surface area contributed by atoms with Gasteiger partial charge in [0.1, 0.15) is 5.78 Å². The minimum Gasteiger partial charge on any atom is -0.360 e. The molecule has 1 aliphatic rings. The number of carbonyl (C=O) groups is 2. The Balaban J connectivity index is 2.22. The van der Waals surface area contributed by atoms with E-state index in [2.05, 4.69) is 4.90 Å². The zero-order valence-corrected chi connectivity index (χ0v) is 10.8. The number of rotatable bonds is 3. The van der Waals surface area contributed by atoms with Gasteiger partial charge in [0.25, 0.3) is 0 Å². The normalized spacial score (nSPS) is 16.0. The standard InChI is InChI=1S/C14H18N2O2/c1-11(17)9-12-5-3-4-6-13(12)16-8-7-15(2)14(18)10-16/h3-6H,7-10H2,1-2H3. The Hall–Kier alpha value is -1.84. The molecule has 2 rings (SSSR count). The summed E-state index contributed by atoms with van der Waals surface area (Å²) in [5, 5.41) is 0. The summed E-state index contributed by atoms with van der Waals surface area (Å²) in [4.78, 5) is 26.8. The molecule has 0 N–H and O–H groups in total. The quantitative estimate of drug-likeness (QED) is 0.802. The fraction of sp³-hybridized carbons (Fsp3) is 0.429. The second-order valence-corrected chi connectivity index (χ2v) is 4.74. The van der Waals surface area contributed by atoms with Crippen LogP contribution in [0, 0.1) is 0 Å². The molecule has 1 aromatic carbocycles. The van der Waals surface area contributed by atoms with Crippen molar-refractivity contribution in [2.45, 2.75) is 13.3 Å². The molecule has 1 amide bonds. The van der Waals surface area contributed by atoms with Crippen LogP contribution in [0.5, 0.6) is 0 Å². The molecule has 1 aromatic rings. The van der Waals surface area contributed by atoms with E-state index >= 15 is 0 Å². The SMILES string of the molecule is CC(=O)Cc1ccccc1N1CCN(C)C(=O)C1. The summed E-state index contributed by atoms with van der Waals surface area (Å²) in [5.41, 5.74) is 2.01. The molecule has 0 radical (unpaired) electrons. The van der Waals surface area contributed by atoms with Gasteiger partial charge in [-0.05, 0) is 18.6 Å². The number of nitrogens with zero attached hydrogens (tertiary/aromatic N) is 2. The molecule has 0 aromatic heterocycles. The number of piperazine rings is 1. The third-order valence-electron chi connectivity index (χ3n) is 3.23. The van der Waals surface area contributed by atoms with E-state index in [0.717, 1.165) is 24.3 Å². The number of para-hydroxylation sites is 1. The van der Waals surface area contributed by atoms with E-state index in [0.29, 0.717) is 13.0 Å². The highest BCUT2D eigenvalue weighted by Crippen LogP contribution is 2.22. The minimum absolute atomic E-state index is 0.124. The predicted octanol–water partition coefficient (Wildman–Crippen LogP) is 1.10. The number of carbonyl (C=O) groups excluding carboxylic acids is 2. The lowest BCUT2D eigenvalue weighted by Crippen LogP contribution is -2.48. The molecule has 0 unspecified atom stereocenters. The van der Waals surface area contributed by atoms with Crippen molar-refractivity contribution in [1.29, 1.82) is 0 Å². The van der Waals surface area contributed by atoms with Crippen LogP contribution < -0.4 is 4.90 Å². The third kappa shape index (κ3) is 2.70. The molecule has 0 spiro atoms. The van der Waals surface area contributed by atoms with Gasteiger partial charge in [0.2, 0.25) is 5.91 Å². The zero-order chi connectivity index (χ0) is 13.1. The highest BCUT2D eigenvalue weighted by molar-refractivity contribution is 5.84. The summed E-state index contributed by atoms with van der Waals surface area (Å²) in [7, 11) is 1.82. The number of benzene rings is 1. The van der Waals surface area contributed by atoms with Gasteiger partial charge in [0.05, 0.1) is 6.54 Å². The van der Waals surface area contributed by atoms with Gasteiger partial charge < -0.3 is 9.80 Å². The van der Waals surface area contributed by atoms with Gasteiger partial charge in [-0.3, -0.25) is 9.59 Å². The number of anilines is 1. The van der Waals surface area contributed by atoms with Crippen molar-refractivity contribution < 1.29 is 9.59 Å². The maximum atomic E-state index is 11.7. The lowest BCUT2D eigenvalue weighted by Gasteiger charge is -2.34. The van der Waals surface area contributed by atoms with Crippen molar-refractivity contribution in [3.8, 4) is 0 Å². The van der Waals surface area contributed by atoms with Gasteiger partial charge in [-0.2, -0.15) is 0 Å². The lowest BCUT2D eigenvalue weighted by atomic mass is 10.1. The largest absolute Gasteiger partial charge is 0.360 e. The van der Waals surface area contributed by atoms with E-state index in [1.807, 2.05) is 31.3 Å². The van der Waals surface area contributed by atoms with Crippen LogP contribution >= 0.6 is 0 Å². The van der Waals surface area contributed by atoms with Crippen molar-refractivity contribution in [2.75, 3.05) is 31.6 Å². The van der Waals surface area contributed by atoms with E-state index in [9.17, 15) is 9.59 Å². The van der Waals surface area contributed by atoms with Crippen molar-refractivity contribution in [1.82, 2.24) is 4.90 Å². The fourth-order valence-corrected chi connectivity index (χ4v) is 2.20. The Morgan fingerprint density at radius 3 is 2.67 bits per heavy atom. The average molecular weight is 246 g/mol. The lowest BCUT2D eigenvalue weighted by molar-refractivity contribution is -0.129. The van der Waals surface area contributed by atoms with Crippen LogP contribution in [0.1, 0.15) is 12.5 Å². The molecule has 1 heterocycles. The van der Waals surface area contributed by atoms with Gasteiger partial charge in [0, 0.05) is 32.2 Å². The summed E-state index contributed by atoms with van der Waals surface area (Å²) in [5.74, 6) is 0.266.